The van der Waals surface area contributed by atoms with E-state index in [4.69, 9.17) is 4.74 Å². The summed E-state index contributed by atoms with van der Waals surface area (Å²) in [5.41, 5.74) is 3.19. The monoisotopic (exact) mass is 398 g/mol. The molecule has 0 saturated carbocycles. The summed E-state index contributed by atoms with van der Waals surface area (Å²) >= 11 is 6.89. The maximum absolute atomic E-state index is 5.25. The minimum atomic E-state index is 0.180. The molecule has 0 saturated heterocycles. The van der Waals surface area contributed by atoms with E-state index >= 15 is 0 Å². The Morgan fingerprint density at radius 1 is 1.20 bits per heavy atom. The van der Waals surface area contributed by atoms with Crippen molar-refractivity contribution in [1.29, 1.82) is 0 Å². The summed E-state index contributed by atoms with van der Waals surface area (Å²) in [5.74, 6) is 0.836. The Balaban J connectivity index is 2.19. The summed E-state index contributed by atoms with van der Waals surface area (Å²) in [5, 5.41) is 3.47. The second-order valence-corrected chi connectivity index (χ2v) is 6.19. The summed E-state index contributed by atoms with van der Waals surface area (Å²) in [4.78, 5) is 4.39. The van der Waals surface area contributed by atoms with Gasteiger partial charge in [-0.05, 0) is 75.5 Å². The van der Waals surface area contributed by atoms with Gasteiger partial charge in [0.2, 0.25) is 0 Å². The summed E-state index contributed by atoms with van der Waals surface area (Å²) in [6.07, 6.45) is 0. The van der Waals surface area contributed by atoms with Crippen LogP contribution in [0, 0.1) is 6.92 Å². The number of nitrogens with zero attached hydrogens (tertiary/aromatic N) is 1. The predicted molar refractivity (Wildman–Crippen MR) is 89.4 cm³/mol. The minimum Gasteiger partial charge on any atom is -0.496 e. The van der Waals surface area contributed by atoms with Crippen molar-refractivity contribution in [2.24, 2.45) is 0 Å². The number of methoxy groups -OCH3 is 1. The molecule has 1 aromatic carbocycles. The summed E-state index contributed by atoms with van der Waals surface area (Å²) in [6, 6.07) is 10.2. The third kappa shape index (κ3) is 3.52. The predicted octanol–water partition coefficient (Wildman–Crippen LogP) is 5.10. The van der Waals surface area contributed by atoms with Crippen molar-refractivity contribution in [1.82, 2.24) is 4.98 Å². The number of nitrogens with one attached hydrogen (secondary N) is 1. The Bertz CT molecular complexity index is 617. The lowest BCUT2D eigenvalue weighted by Crippen LogP contribution is -2.08. The van der Waals surface area contributed by atoms with E-state index in [-0.39, 0.29) is 6.04 Å². The number of hydrogen-bond donors (Lipinski definition) is 1. The van der Waals surface area contributed by atoms with Gasteiger partial charge in [0.1, 0.15) is 10.4 Å². The van der Waals surface area contributed by atoms with E-state index in [9.17, 15) is 0 Å². The van der Waals surface area contributed by atoms with E-state index in [0.717, 1.165) is 26.2 Å². The number of benzene rings is 1. The third-order valence-corrected chi connectivity index (χ3v) is 4.16. The molecule has 106 valence electrons. The smallest absolute Gasteiger partial charge is 0.133 e. The minimum absolute atomic E-state index is 0.180. The highest BCUT2D eigenvalue weighted by atomic mass is 79.9. The SMILES string of the molecule is COc1ccc(C(C)Nc2ccc(Br)nc2C)cc1Br. The number of hydrogen-bond acceptors (Lipinski definition) is 3. The zero-order valence-corrected chi connectivity index (χ0v) is 14.7. The molecule has 5 heteroatoms. The lowest BCUT2D eigenvalue weighted by atomic mass is 10.1. The Morgan fingerprint density at radius 3 is 2.55 bits per heavy atom. The molecule has 1 heterocycles. The van der Waals surface area contributed by atoms with Gasteiger partial charge in [-0.15, -0.1) is 0 Å². The molecule has 0 radical (unpaired) electrons. The van der Waals surface area contributed by atoms with Crippen molar-refractivity contribution in [3.8, 4) is 5.75 Å². The van der Waals surface area contributed by atoms with Crippen LogP contribution in [-0.2, 0) is 0 Å². The van der Waals surface area contributed by atoms with Gasteiger partial charge in [0, 0.05) is 6.04 Å². The molecule has 20 heavy (non-hydrogen) atoms. The van der Waals surface area contributed by atoms with Crippen LogP contribution in [0.3, 0.4) is 0 Å². The Kier molecular flexibility index (Phi) is 5.05. The first-order chi connectivity index (χ1) is 9.51. The number of pyridine rings is 1. The molecule has 0 aliphatic heterocycles. The Morgan fingerprint density at radius 2 is 1.95 bits per heavy atom. The molecule has 0 spiro atoms. The highest BCUT2D eigenvalue weighted by molar-refractivity contribution is 9.10. The van der Waals surface area contributed by atoms with Crippen LogP contribution >= 0.6 is 31.9 Å². The number of aromatic nitrogens is 1. The highest BCUT2D eigenvalue weighted by Crippen LogP contribution is 2.29. The molecule has 0 fully saturated rings. The van der Waals surface area contributed by atoms with Gasteiger partial charge in [-0.25, -0.2) is 4.98 Å². The van der Waals surface area contributed by atoms with Crippen LogP contribution in [-0.4, -0.2) is 12.1 Å². The van der Waals surface area contributed by atoms with Crippen LogP contribution in [0.2, 0.25) is 0 Å². The average Bonchev–Trinajstić information content (AvgIpc) is 2.41. The molecule has 1 N–H and O–H groups in total. The number of anilines is 1. The van der Waals surface area contributed by atoms with Crippen molar-refractivity contribution in [2.45, 2.75) is 19.9 Å². The lowest BCUT2D eigenvalue weighted by Gasteiger charge is -2.18. The van der Waals surface area contributed by atoms with Crippen LogP contribution in [0.5, 0.6) is 5.75 Å². The van der Waals surface area contributed by atoms with Crippen LogP contribution in [0.25, 0.3) is 0 Å². The van der Waals surface area contributed by atoms with Crippen LogP contribution < -0.4 is 10.1 Å². The molecular weight excluding hydrogens is 384 g/mol. The quantitative estimate of drug-likeness (QED) is 0.726. The van der Waals surface area contributed by atoms with Gasteiger partial charge >= 0.3 is 0 Å². The van der Waals surface area contributed by atoms with Gasteiger partial charge in [-0.3, -0.25) is 0 Å². The molecule has 2 rings (SSSR count). The van der Waals surface area contributed by atoms with Gasteiger partial charge in [0.05, 0.1) is 23.0 Å². The average molecular weight is 400 g/mol. The highest BCUT2D eigenvalue weighted by Gasteiger charge is 2.10. The molecular formula is C15H16Br2N2O. The van der Waals surface area contributed by atoms with Gasteiger partial charge in [0.15, 0.2) is 0 Å². The summed E-state index contributed by atoms with van der Waals surface area (Å²) in [7, 11) is 1.66. The van der Waals surface area contributed by atoms with E-state index in [1.165, 1.54) is 5.56 Å². The van der Waals surface area contributed by atoms with Crippen molar-refractivity contribution in [3.63, 3.8) is 0 Å². The van der Waals surface area contributed by atoms with Crippen LogP contribution in [0.4, 0.5) is 5.69 Å². The first kappa shape index (κ1) is 15.3. The van der Waals surface area contributed by atoms with E-state index in [1.807, 2.05) is 25.1 Å². The van der Waals surface area contributed by atoms with Gasteiger partial charge in [-0.2, -0.15) is 0 Å². The third-order valence-electron chi connectivity index (χ3n) is 3.10. The fourth-order valence-electron chi connectivity index (χ4n) is 1.95. The van der Waals surface area contributed by atoms with Crippen LogP contribution in [0.15, 0.2) is 39.4 Å². The molecule has 1 atom stereocenters. The topological polar surface area (TPSA) is 34.1 Å². The maximum atomic E-state index is 5.25. The Labute approximate surface area is 136 Å². The van der Waals surface area contributed by atoms with Crippen molar-refractivity contribution in [3.05, 3.63) is 50.7 Å². The van der Waals surface area contributed by atoms with Crippen molar-refractivity contribution in [2.75, 3.05) is 12.4 Å². The molecule has 2 aromatic rings. The first-order valence-corrected chi connectivity index (χ1v) is 7.83. The van der Waals surface area contributed by atoms with Crippen molar-refractivity contribution < 1.29 is 4.74 Å². The second kappa shape index (κ2) is 6.59. The van der Waals surface area contributed by atoms with Gasteiger partial charge < -0.3 is 10.1 Å². The summed E-state index contributed by atoms with van der Waals surface area (Å²) in [6.45, 7) is 4.11. The molecule has 0 aliphatic carbocycles. The molecule has 1 unspecified atom stereocenters. The number of aryl methyl sites for hydroxylation is 1. The largest absolute Gasteiger partial charge is 0.496 e. The number of halogens is 2. The molecule has 0 bridgehead atoms. The Hall–Kier alpha value is -1.07. The fraction of sp³-hybridized carbons (Fsp3) is 0.267. The van der Waals surface area contributed by atoms with E-state index in [2.05, 4.69) is 61.2 Å². The molecule has 1 aromatic heterocycles. The zero-order valence-electron chi connectivity index (χ0n) is 11.6. The van der Waals surface area contributed by atoms with Gasteiger partial charge in [0.25, 0.3) is 0 Å². The number of ether oxygens (including phenoxy) is 1. The fourth-order valence-corrected chi connectivity index (χ4v) is 2.91. The molecule has 3 nitrogen and oxygen atoms in total. The maximum Gasteiger partial charge on any atom is 0.133 e. The van der Waals surface area contributed by atoms with E-state index in [0.29, 0.717) is 0 Å². The van der Waals surface area contributed by atoms with Crippen LogP contribution in [0.1, 0.15) is 24.2 Å². The van der Waals surface area contributed by atoms with E-state index < -0.39 is 0 Å². The molecule has 0 aliphatic rings. The summed E-state index contributed by atoms with van der Waals surface area (Å²) < 4.78 is 7.05. The van der Waals surface area contributed by atoms with Gasteiger partial charge in [-0.1, -0.05) is 6.07 Å². The second-order valence-electron chi connectivity index (χ2n) is 4.53. The normalized spacial score (nSPS) is 12.1. The zero-order chi connectivity index (χ0) is 14.7. The first-order valence-electron chi connectivity index (χ1n) is 6.24. The number of rotatable bonds is 4. The van der Waals surface area contributed by atoms with E-state index in [1.54, 1.807) is 7.11 Å². The standard InChI is InChI=1S/C15H16Br2N2O/c1-9(11-4-6-14(20-3)12(16)8-11)18-13-5-7-15(17)19-10(13)2/h4-9,18H,1-3H3. The lowest BCUT2D eigenvalue weighted by molar-refractivity contribution is 0.412. The molecule has 0 amide bonds. The van der Waals surface area contributed by atoms with Crippen molar-refractivity contribution >= 4 is 37.5 Å².